The summed E-state index contributed by atoms with van der Waals surface area (Å²) in [5.41, 5.74) is 1.93. The third-order valence-corrected chi connectivity index (χ3v) is 6.84. The minimum Gasteiger partial charge on any atom is -0.300 e. The fourth-order valence-electron chi connectivity index (χ4n) is 4.18. The van der Waals surface area contributed by atoms with Gasteiger partial charge in [-0.25, -0.2) is 0 Å². The second kappa shape index (κ2) is 7.33. The van der Waals surface area contributed by atoms with Crippen molar-refractivity contribution in [2.24, 2.45) is 5.92 Å². The maximum atomic E-state index is 12.8. The Kier molecular flexibility index (Phi) is 4.69. The highest BCUT2D eigenvalue weighted by atomic mass is 32.1. The monoisotopic (exact) mass is 392 g/mol. The standard InChI is InChI=1S/C22H24N4OS/c1-14-24-25-22(28-14)16-2-3-17-13-23-19(11-18(17)10-16)12-21(27)15-6-8-26(9-7-15)20-4-5-20/h2-3,10-11,13,15,20H,4-9,12H2,1H3. The molecule has 5 nitrogen and oxygen atoms in total. The second-order valence-corrected chi connectivity index (χ2v) is 9.23. The van der Waals surface area contributed by atoms with Crippen LogP contribution in [0.2, 0.25) is 0 Å². The Balaban J connectivity index is 1.30. The molecule has 3 heterocycles. The molecule has 1 saturated carbocycles. The molecule has 0 bridgehead atoms. The summed E-state index contributed by atoms with van der Waals surface area (Å²) in [4.78, 5) is 19.9. The number of nitrogens with zero attached hydrogens (tertiary/aromatic N) is 4. The van der Waals surface area contributed by atoms with Crippen LogP contribution < -0.4 is 0 Å². The number of ketones is 1. The Morgan fingerprint density at radius 3 is 2.64 bits per heavy atom. The van der Waals surface area contributed by atoms with Crippen LogP contribution in [0.25, 0.3) is 21.3 Å². The van der Waals surface area contributed by atoms with E-state index in [4.69, 9.17) is 0 Å². The van der Waals surface area contributed by atoms with E-state index in [2.05, 4.69) is 44.3 Å². The van der Waals surface area contributed by atoms with E-state index in [1.807, 2.05) is 13.1 Å². The number of rotatable bonds is 5. The molecule has 6 heteroatoms. The van der Waals surface area contributed by atoms with Crippen molar-refractivity contribution in [3.63, 3.8) is 0 Å². The quantitative estimate of drug-likeness (QED) is 0.656. The topological polar surface area (TPSA) is 59.0 Å². The Bertz CT molecular complexity index is 1020. The summed E-state index contributed by atoms with van der Waals surface area (Å²) in [6.07, 6.45) is 7.01. The summed E-state index contributed by atoms with van der Waals surface area (Å²) in [6.45, 7) is 4.12. The van der Waals surface area contributed by atoms with Gasteiger partial charge >= 0.3 is 0 Å². The first-order valence-corrected chi connectivity index (χ1v) is 10.9. The number of pyridine rings is 1. The van der Waals surface area contributed by atoms with Gasteiger partial charge in [0.25, 0.3) is 0 Å². The van der Waals surface area contributed by atoms with Gasteiger partial charge in [0, 0.05) is 41.2 Å². The summed E-state index contributed by atoms with van der Waals surface area (Å²) in [6, 6.07) is 9.11. The van der Waals surface area contributed by atoms with Gasteiger partial charge < -0.3 is 4.90 Å². The number of hydrogen-bond donors (Lipinski definition) is 0. The number of fused-ring (bicyclic) bond motifs is 1. The lowest BCUT2D eigenvalue weighted by Crippen LogP contribution is -2.38. The number of carbonyl (C=O) groups is 1. The molecule has 144 valence electrons. The van der Waals surface area contributed by atoms with Crippen LogP contribution in [-0.2, 0) is 11.2 Å². The molecule has 2 fully saturated rings. The van der Waals surface area contributed by atoms with Crippen LogP contribution in [0.1, 0.15) is 36.4 Å². The highest BCUT2D eigenvalue weighted by Crippen LogP contribution is 2.31. The average molecular weight is 393 g/mol. The van der Waals surface area contributed by atoms with Gasteiger partial charge in [-0.05, 0) is 63.2 Å². The first kappa shape index (κ1) is 17.9. The fraction of sp³-hybridized carbons (Fsp3) is 0.455. The number of aryl methyl sites for hydroxylation is 1. The summed E-state index contributed by atoms with van der Waals surface area (Å²) in [7, 11) is 0. The van der Waals surface area contributed by atoms with Gasteiger partial charge in [0.2, 0.25) is 0 Å². The van der Waals surface area contributed by atoms with Crippen LogP contribution in [0.3, 0.4) is 0 Å². The number of aromatic nitrogens is 3. The van der Waals surface area contributed by atoms with Gasteiger partial charge in [-0.2, -0.15) is 0 Å². The van der Waals surface area contributed by atoms with Gasteiger partial charge in [0.1, 0.15) is 15.8 Å². The molecule has 3 aromatic rings. The SMILES string of the molecule is Cc1nnc(-c2ccc3cnc(CC(=O)C4CCN(C5CC5)CC4)cc3c2)s1. The van der Waals surface area contributed by atoms with Crippen molar-refractivity contribution in [2.45, 2.75) is 45.1 Å². The van der Waals surface area contributed by atoms with Gasteiger partial charge in [-0.1, -0.05) is 23.5 Å². The molecule has 28 heavy (non-hydrogen) atoms. The molecule has 1 aromatic carbocycles. The van der Waals surface area contributed by atoms with E-state index in [0.717, 1.165) is 64.0 Å². The molecule has 0 unspecified atom stereocenters. The molecule has 1 aliphatic carbocycles. The molecule has 2 aliphatic rings. The molecular formula is C22H24N4OS. The predicted molar refractivity (Wildman–Crippen MR) is 111 cm³/mol. The molecule has 2 aromatic heterocycles. The normalized spacial score (nSPS) is 18.6. The third-order valence-electron chi connectivity index (χ3n) is 5.95. The van der Waals surface area contributed by atoms with Crippen molar-refractivity contribution in [3.8, 4) is 10.6 Å². The third kappa shape index (κ3) is 3.71. The Hall–Kier alpha value is -2.18. The Labute approximate surface area is 168 Å². The number of likely N-dealkylation sites (tertiary alicyclic amines) is 1. The van der Waals surface area contributed by atoms with E-state index in [0.29, 0.717) is 12.2 Å². The molecule has 0 N–H and O–H groups in total. The number of carbonyl (C=O) groups excluding carboxylic acids is 1. The van der Waals surface area contributed by atoms with E-state index in [9.17, 15) is 4.79 Å². The Morgan fingerprint density at radius 2 is 1.93 bits per heavy atom. The largest absolute Gasteiger partial charge is 0.300 e. The molecule has 1 aliphatic heterocycles. The molecule has 0 radical (unpaired) electrons. The summed E-state index contributed by atoms with van der Waals surface area (Å²) >= 11 is 1.59. The van der Waals surface area contributed by atoms with E-state index in [1.165, 1.54) is 12.8 Å². The van der Waals surface area contributed by atoms with Crippen molar-refractivity contribution in [3.05, 3.63) is 41.2 Å². The van der Waals surface area contributed by atoms with Crippen molar-refractivity contribution < 1.29 is 4.79 Å². The molecule has 0 amide bonds. The zero-order valence-corrected chi connectivity index (χ0v) is 16.9. The minimum absolute atomic E-state index is 0.197. The fourth-order valence-corrected chi connectivity index (χ4v) is 4.87. The van der Waals surface area contributed by atoms with E-state index in [-0.39, 0.29) is 5.92 Å². The van der Waals surface area contributed by atoms with Crippen molar-refractivity contribution in [2.75, 3.05) is 13.1 Å². The van der Waals surface area contributed by atoms with Gasteiger partial charge in [-0.3, -0.25) is 9.78 Å². The van der Waals surface area contributed by atoms with E-state index >= 15 is 0 Å². The van der Waals surface area contributed by atoms with Gasteiger partial charge in [0.05, 0.1) is 0 Å². The minimum atomic E-state index is 0.197. The molecule has 1 saturated heterocycles. The van der Waals surface area contributed by atoms with E-state index < -0.39 is 0 Å². The lowest BCUT2D eigenvalue weighted by molar-refractivity contribution is -0.123. The molecule has 0 atom stereocenters. The van der Waals surface area contributed by atoms with Crippen molar-refractivity contribution in [1.82, 2.24) is 20.1 Å². The van der Waals surface area contributed by atoms with Gasteiger partial charge in [0.15, 0.2) is 0 Å². The highest BCUT2D eigenvalue weighted by molar-refractivity contribution is 7.14. The van der Waals surface area contributed by atoms with Crippen LogP contribution in [0.15, 0.2) is 30.5 Å². The average Bonchev–Trinajstić information content (AvgIpc) is 3.48. The first-order chi connectivity index (χ1) is 13.7. The maximum absolute atomic E-state index is 12.8. The number of Topliss-reactive ketones (excluding diaryl/α,β-unsaturated/α-hetero) is 1. The van der Waals surface area contributed by atoms with Crippen molar-refractivity contribution >= 4 is 27.9 Å². The summed E-state index contributed by atoms with van der Waals surface area (Å²) < 4.78 is 0. The number of benzene rings is 1. The predicted octanol–water partition coefficient (Wildman–Crippen LogP) is 4.05. The number of piperidine rings is 1. The first-order valence-electron chi connectivity index (χ1n) is 10.1. The zero-order valence-electron chi connectivity index (χ0n) is 16.1. The lowest BCUT2D eigenvalue weighted by atomic mass is 9.90. The van der Waals surface area contributed by atoms with Crippen LogP contribution in [0.4, 0.5) is 0 Å². The van der Waals surface area contributed by atoms with Crippen LogP contribution in [-0.4, -0.2) is 45.0 Å². The van der Waals surface area contributed by atoms with Gasteiger partial charge in [-0.15, -0.1) is 10.2 Å². The van der Waals surface area contributed by atoms with Crippen LogP contribution in [0.5, 0.6) is 0 Å². The van der Waals surface area contributed by atoms with Crippen molar-refractivity contribution in [1.29, 1.82) is 0 Å². The van der Waals surface area contributed by atoms with Crippen LogP contribution >= 0.6 is 11.3 Å². The zero-order chi connectivity index (χ0) is 19.1. The highest BCUT2D eigenvalue weighted by Gasteiger charge is 2.33. The maximum Gasteiger partial charge on any atom is 0.147 e. The summed E-state index contributed by atoms with van der Waals surface area (Å²) in [5, 5.41) is 12.4. The molecule has 0 spiro atoms. The van der Waals surface area contributed by atoms with E-state index in [1.54, 1.807) is 11.3 Å². The molecular weight excluding hydrogens is 368 g/mol. The number of hydrogen-bond acceptors (Lipinski definition) is 6. The Morgan fingerprint density at radius 1 is 1.11 bits per heavy atom. The van der Waals surface area contributed by atoms with Crippen LogP contribution in [0, 0.1) is 12.8 Å². The molecule has 5 rings (SSSR count). The second-order valence-electron chi connectivity index (χ2n) is 8.05. The smallest absolute Gasteiger partial charge is 0.147 e. The summed E-state index contributed by atoms with van der Waals surface area (Å²) in [5.74, 6) is 0.543. The lowest BCUT2D eigenvalue weighted by Gasteiger charge is -2.31.